The van der Waals surface area contributed by atoms with E-state index in [4.69, 9.17) is 17.3 Å². The number of halogens is 1. The Hall–Kier alpha value is -0.870. The Kier molecular flexibility index (Phi) is 4.18. The third-order valence-corrected chi connectivity index (χ3v) is 4.41. The van der Waals surface area contributed by atoms with Gasteiger partial charge >= 0.3 is 0 Å². The van der Waals surface area contributed by atoms with Gasteiger partial charge in [-0.05, 0) is 36.8 Å². The van der Waals surface area contributed by atoms with Gasteiger partial charge in [0.25, 0.3) is 0 Å². The average Bonchev–Trinajstić information content (AvgIpc) is 2.34. The van der Waals surface area contributed by atoms with Crippen LogP contribution in [0.25, 0.3) is 0 Å². The summed E-state index contributed by atoms with van der Waals surface area (Å²) in [5.74, 6) is 1.11. The van der Waals surface area contributed by atoms with Crippen LogP contribution in [0.15, 0.2) is 18.2 Å². The van der Waals surface area contributed by atoms with Gasteiger partial charge < -0.3 is 11.1 Å². The number of hydrogen-bond donors (Lipinski definition) is 2. The highest BCUT2D eigenvalue weighted by atomic mass is 35.5. The Bertz CT molecular complexity index is 419. The van der Waals surface area contributed by atoms with E-state index in [9.17, 15) is 4.79 Å². The highest BCUT2D eigenvalue weighted by Gasteiger charge is 2.22. The van der Waals surface area contributed by atoms with Crippen molar-refractivity contribution in [2.24, 2.45) is 0 Å². The van der Waals surface area contributed by atoms with E-state index < -0.39 is 0 Å². The quantitative estimate of drug-likeness (QED) is 0.812. The predicted molar refractivity (Wildman–Crippen MR) is 74.6 cm³/mol. The Morgan fingerprint density at radius 2 is 2.29 bits per heavy atom. The van der Waals surface area contributed by atoms with E-state index >= 15 is 0 Å². The number of carbonyl (C=O) groups excluding carboxylic acids is 1. The highest BCUT2D eigenvalue weighted by molar-refractivity contribution is 8.00. The molecule has 0 aromatic heterocycles. The smallest absolute Gasteiger partial charge is 0.237 e. The van der Waals surface area contributed by atoms with Crippen LogP contribution in [0.3, 0.4) is 0 Å². The highest BCUT2D eigenvalue weighted by Crippen LogP contribution is 2.28. The summed E-state index contributed by atoms with van der Waals surface area (Å²) in [5, 5.41) is 3.40. The normalized spacial score (nSPS) is 19.9. The summed E-state index contributed by atoms with van der Waals surface area (Å²) in [6, 6.07) is 5.11. The minimum Gasteiger partial charge on any atom is -0.399 e. The topological polar surface area (TPSA) is 55.1 Å². The largest absolute Gasteiger partial charge is 0.399 e. The second kappa shape index (κ2) is 5.65. The van der Waals surface area contributed by atoms with Gasteiger partial charge in [0.05, 0.1) is 16.0 Å². The third kappa shape index (κ3) is 3.30. The van der Waals surface area contributed by atoms with Crippen LogP contribution in [0, 0.1) is 0 Å². The van der Waals surface area contributed by atoms with E-state index in [-0.39, 0.29) is 11.2 Å². The Balaban J connectivity index is 2.02. The second-order valence-electron chi connectivity index (χ2n) is 4.08. The van der Waals surface area contributed by atoms with Crippen LogP contribution in [-0.4, -0.2) is 16.9 Å². The first kappa shape index (κ1) is 12.6. The molecule has 3 N–H and O–H groups in total. The molecule has 1 unspecified atom stereocenters. The number of hydrogen-bond acceptors (Lipinski definition) is 3. The molecule has 1 aromatic carbocycles. The minimum absolute atomic E-state index is 0.0429. The fraction of sp³-hybridized carbons (Fsp3) is 0.417. The van der Waals surface area contributed by atoms with Gasteiger partial charge in [-0.1, -0.05) is 18.0 Å². The number of anilines is 2. The predicted octanol–water partition coefficient (Wildman–Crippen LogP) is 3.15. The van der Waals surface area contributed by atoms with E-state index in [0.29, 0.717) is 16.4 Å². The zero-order valence-corrected chi connectivity index (χ0v) is 11.0. The van der Waals surface area contributed by atoms with Gasteiger partial charge in [-0.15, -0.1) is 11.8 Å². The summed E-state index contributed by atoms with van der Waals surface area (Å²) < 4.78 is 0. The summed E-state index contributed by atoms with van der Waals surface area (Å²) in [4.78, 5) is 12.0. The van der Waals surface area contributed by atoms with Gasteiger partial charge in [0, 0.05) is 5.69 Å². The molecule has 0 aliphatic carbocycles. The van der Waals surface area contributed by atoms with Crippen molar-refractivity contribution < 1.29 is 4.79 Å². The monoisotopic (exact) mass is 270 g/mol. The number of nitrogens with one attached hydrogen (secondary N) is 1. The first-order valence-corrected chi connectivity index (χ1v) is 7.07. The molecule has 0 saturated carbocycles. The maximum Gasteiger partial charge on any atom is 0.237 e. The first-order chi connectivity index (χ1) is 8.16. The fourth-order valence-electron chi connectivity index (χ4n) is 1.79. The van der Waals surface area contributed by atoms with Crippen LogP contribution in [-0.2, 0) is 4.79 Å². The van der Waals surface area contributed by atoms with E-state index in [0.717, 1.165) is 18.6 Å². The van der Waals surface area contributed by atoms with Crippen molar-refractivity contribution in [1.82, 2.24) is 0 Å². The summed E-state index contributed by atoms with van der Waals surface area (Å²) in [6.07, 6.45) is 3.28. The standard InChI is InChI=1S/C12H15ClN2OS/c13-9-7-8(14)4-5-10(9)15-12(16)11-3-1-2-6-17-11/h4-5,7,11H,1-3,6,14H2,(H,15,16). The number of nitrogen functional groups attached to an aromatic ring is 1. The summed E-state index contributed by atoms with van der Waals surface area (Å²) >= 11 is 7.73. The van der Waals surface area contributed by atoms with Crippen molar-refractivity contribution in [3.8, 4) is 0 Å². The molecule has 1 heterocycles. The van der Waals surface area contributed by atoms with Crippen molar-refractivity contribution in [2.75, 3.05) is 16.8 Å². The Morgan fingerprint density at radius 3 is 2.94 bits per heavy atom. The molecular formula is C12H15ClN2OS. The van der Waals surface area contributed by atoms with Crippen molar-refractivity contribution in [3.05, 3.63) is 23.2 Å². The maximum atomic E-state index is 12.0. The summed E-state index contributed by atoms with van der Waals surface area (Å²) in [6.45, 7) is 0. The molecular weight excluding hydrogens is 256 g/mol. The minimum atomic E-state index is 0.0429. The van der Waals surface area contributed by atoms with Gasteiger partial charge in [-0.25, -0.2) is 0 Å². The van der Waals surface area contributed by atoms with Crippen LogP contribution in [0.5, 0.6) is 0 Å². The molecule has 1 aliphatic rings. The number of amides is 1. The van der Waals surface area contributed by atoms with Gasteiger partial charge in [-0.3, -0.25) is 4.79 Å². The molecule has 0 spiro atoms. The first-order valence-electron chi connectivity index (χ1n) is 5.64. The Labute approximate surface area is 110 Å². The third-order valence-electron chi connectivity index (χ3n) is 2.72. The molecule has 1 aliphatic heterocycles. The van der Waals surface area contributed by atoms with Crippen LogP contribution >= 0.6 is 23.4 Å². The number of thioether (sulfide) groups is 1. The fourth-order valence-corrected chi connectivity index (χ4v) is 3.23. The van der Waals surface area contributed by atoms with Crippen molar-refractivity contribution in [3.63, 3.8) is 0 Å². The molecule has 5 heteroatoms. The molecule has 1 aromatic rings. The average molecular weight is 271 g/mol. The van der Waals surface area contributed by atoms with Crippen LogP contribution in [0.4, 0.5) is 11.4 Å². The molecule has 17 heavy (non-hydrogen) atoms. The van der Waals surface area contributed by atoms with Crippen LogP contribution in [0.1, 0.15) is 19.3 Å². The molecule has 1 saturated heterocycles. The molecule has 1 fully saturated rings. The lowest BCUT2D eigenvalue weighted by molar-refractivity contribution is -0.115. The number of rotatable bonds is 2. The van der Waals surface area contributed by atoms with E-state index in [2.05, 4.69) is 5.32 Å². The molecule has 3 nitrogen and oxygen atoms in total. The second-order valence-corrected chi connectivity index (χ2v) is 5.80. The van der Waals surface area contributed by atoms with Gasteiger partial charge in [0.2, 0.25) is 5.91 Å². The number of nitrogens with two attached hydrogens (primary N) is 1. The number of benzene rings is 1. The van der Waals surface area contributed by atoms with Crippen molar-refractivity contribution >= 4 is 40.6 Å². The number of carbonyl (C=O) groups is 1. The molecule has 1 atom stereocenters. The SMILES string of the molecule is Nc1ccc(NC(=O)C2CCCCS2)c(Cl)c1. The van der Waals surface area contributed by atoms with Gasteiger partial charge in [-0.2, -0.15) is 0 Å². The summed E-state index contributed by atoms with van der Waals surface area (Å²) in [7, 11) is 0. The maximum absolute atomic E-state index is 12.0. The molecule has 2 rings (SSSR count). The summed E-state index contributed by atoms with van der Waals surface area (Å²) in [5.41, 5.74) is 6.83. The van der Waals surface area contributed by atoms with Crippen LogP contribution < -0.4 is 11.1 Å². The molecule has 0 radical (unpaired) electrons. The van der Waals surface area contributed by atoms with Gasteiger partial charge in [0.1, 0.15) is 0 Å². The molecule has 1 amide bonds. The van der Waals surface area contributed by atoms with E-state index in [1.165, 1.54) is 6.42 Å². The lowest BCUT2D eigenvalue weighted by Crippen LogP contribution is -2.27. The van der Waals surface area contributed by atoms with Crippen molar-refractivity contribution in [1.29, 1.82) is 0 Å². The zero-order chi connectivity index (χ0) is 12.3. The molecule has 0 bridgehead atoms. The van der Waals surface area contributed by atoms with Crippen LogP contribution in [0.2, 0.25) is 5.02 Å². The van der Waals surface area contributed by atoms with Crippen molar-refractivity contribution in [2.45, 2.75) is 24.5 Å². The Morgan fingerprint density at radius 1 is 1.47 bits per heavy atom. The lowest BCUT2D eigenvalue weighted by Gasteiger charge is -2.20. The molecule has 92 valence electrons. The lowest BCUT2D eigenvalue weighted by atomic mass is 10.2. The van der Waals surface area contributed by atoms with Gasteiger partial charge in [0.15, 0.2) is 0 Å². The van der Waals surface area contributed by atoms with E-state index in [1.54, 1.807) is 30.0 Å². The zero-order valence-electron chi connectivity index (χ0n) is 9.41. The van der Waals surface area contributed by atoms with E-state index in [1.807, 2.05) is 0 Å².